The average Bonchev–Trinajstić information content (AvgIpc) is 3.25. The Morgan fingerprint density at radius 1 is 1.10 bits per heavy atom. The summed E-state index contributed by atoms with van der Waals surface area (Å²) < 4.78 is 7.16. The molecule has 0 fully saturated rings. The minimum absolute atomic E-state index is 0.0431. The summed E-state index contributed by atoms with van der Waals surface area (Å²) in [5, 5.41) is 13.4. The summed E-state index contributed by atoms with van der Waals surface area (Å²) in [6.45, 7) is 0.330. The van der Waals surface area contributed by atoms with Gasteiger partial charge in [0.2, 0.25) is 5.91 Å². The lowest BCUT2D eigenvalue weighted by atomic mass is 9.99. The number of carbonyl (C=O) groups is 1. The Kier molecular flexibility index (Phi) is 5.47. The molecule has 7 nitrogen and oxygen atoms in total. The van der Waals surface area contributed by atoms with Crippen molar-refractivity contribution < 1.29 is 9.53 Å². The molecule has 0 saturated heterocycles. The van der Waals surface area contributed by atoms with Crippen LogP contribution in [0.4, 0.5) is 0 Å². The van der Waals surface area contributed by atoms with Gasteiger partial charge in [-0.05, 0) is 35.4 Å². The van der Waals surface area contributed by atoms with Crippen molar-refractivity contribution in [3.63, 3.8) is 0 Å². The number of carbonyl (C=O) groups excluding carboxylic acids is 1. The van der Waals surface area contributed by atoms with Gasteiger partial charge in [0, 0.05) is 24.4 Å². The first-order valence-electron chi connectivity index (χ1n) is 9.37. The third-order valence-corrected chi connectivity index (χ3v) is 4.75. The van der Waals surface area contributed by atoms with E-state index in [1.54, 1.807) is 30.4 Å². The zero-order valence-electron chi connectivity index (χ0n) is 16.1. The van der Waals surface area contributed by atoms with Crippen molar-refractivity contribution >= 4 is 16.7 Å². The number of nitrogens with zero attached hydrogens (tertiary/aromatic N) is 4. The molecule has 7 heteroatoms. The van der Waals surface area contributed by atoms with Crippen LogP contribution in [-0.2, 0) is 17.8 Å². The van der Waals surface area contributed by atoms with Gasteiger partial charge >= 0.3 is 0 Å². The monoisotopic (exact) mass is 387 g/mol. The summed E-state index contributed by atoms with van der Waals surface area (Å²) in [6.07, 6.45) is 6.15. The van der Waals surface area contributed by atoms with Gasteiger partial charge in [0.25, 0.3) is 0 Å². The minimum atomic E-state index is -0.0431. The summed E-state index contributed by atoms with van der Waals surface area (Å²) in [4.78, 5) is 16.4. The number of ether oxygens (including phenoxy) is 1. The van der Waals surface area contributed by atoms with Crippen molar-refractivity contribution in [2.24, 2.45) is 0 Å². The topological polar surface area (TPSA) is 81.9 Å². The molecule has 29 heavy (non-hydrogen) atoms. The van der Waals surface area contributed by atoms with Crippen molar-refractivity contribution in [3.8, 4) is 11.4 Å². The van der Waals surface area contributed by atoms with E-state index in [1.807, 2.05) is 36.4 Å². The molecule has 4 aromatic rings. The number of hydrogen-bond acceptors (Lipinski definition) is 5. The molecule has 1 N–H and O–H groups in total. The van der Waals surface area contributed by atoms with Crippen LogP contribution in [0, 0.1) is 0 Å². The second-order valence-corrected chi connectivity index (χ2v) is 6.60. The molecule has 0 saturated carbocycles. The van der Waals surface area contributed by atoms with Crippen molar-refractivity contribution in [1.82, 2.24) is 25.3 Å². The summed E-state index contributed by atoms with van der Waals surface area (Å²) >= 11 is 0. The molecule has 0 aliphatic rings. The third kappa shape index (κ3) is 4.24. The Labute approximate surface area is 168 Å². The van der Waals surface area contributed by atoms with Crippen molar-refractivity contribution in [3.05, 3.63) is 78.4 Å². The molecule has 0 unspecified atom stereocenters. The standard InChI is InChI=1S/C22H21N5O2/c1-29-21-8-6-16-4-2-3-5-19(16)20(21)7-9-22(28)24-14-17-15-27(26-25-17)18-10-12-23-13-11-18/h2-6,8,10-13,15H,7,9,14H2,1H3,(H,24,28). The van der Waals surface area contributed by atoms with Crippen LogP contribution in [0.1, 0.15) is 17.7 Å². The molecule has 0 spiro atoms. The lowest BCUT2D eigenvalue weighted by Gasteiger charge is -2.12. The maximum Gasteiger partial charge on any atom is 0.220 e. The fourth-order valence-corrected chi connectivity index (χ4v) is 3.28. The van der Waals surface area contributed by atoms with Gasteiger partial charge in [0.1, 0.15) is 11.4 Å². The zero-order chi connectivity index (χ0) is 20.1. The average molecular weight is 387 g/mol. The molecule has 4 rings (SSSR count). The number of hydrogen-bond donors (Lipinski definition) is 1. The number of fused-ring (bicyclic) bond motifs is 1. The largest absolute Gasteiger partial charge is 0.496 e. The number of rotatable bonds is 7. The van der Waals surface area contributed by atoms with Crippen LogP contribution in [0.15, 0.2) is 67.1 Å². The lowest BCUT2D eigenvalue weighted by molar-refractivity contribution is -0.121. The summed E-state index contributed by atoms with van der Waals surface area (Å²) in [6, 6.07) is 15.8. The Morgan fingerprint density at radius 2 is 1.93 bits per heavy atom. The number of nitrogens with one attached hydrogen (secondary N) is 1. The maximum atomic E-state index is 12.4. The van der Waals surface area contributed by atoms with Gasteiger partial charge in [-0.2, -0.15) is 0 Å². The molecule has 0 radical (unpaired) electrons. The highest BCUT2D eigenvalue weighted by atomic mass is 16.5. The summed E-state index contributed by atoms with van der Waals surface area (Å²) in [5.41, 5.74) is 2.61. The van der Waals surface area contributed by atoms with Gasteiger partial charge in [0.15, 0.2) is 0 Å². The number of benzene rings is 2. The van der Waals surface area contributed by atoms with Crippen LogP contribution in [0.25, 0.3) is 16.5 Å². The first kappa shape index (κ1) is 18.6. The number of methoxy groups -OCH3 is 1. The van der Waals surface area contributed by atoms with Crippen LogP contribution in [0.2, 0.25) is 0 Å². The van der Waals surface area contributed by atoms with E-state index >= 15 is 0 Å². The molecule has 1 amide bonds. The fourth-order valence-electron chi connectivity index (χ4n) is 3.28. The Balaban J connectivity index is 1.38. The number of amides is 1. The SMILES string of the molecule is COc1ccc2ccccc2c1CCC(=O)NCc1cn(-c2ccncc2)nn1. The van der Waals surface area contributed by atoms with Gasteiger partial charge in [-0.1, -0.05) is 35.5 Å². The molecule has 146 valence electrons. The van der Waals surface area contributed by atoms with Gasteiger partial charge < -0.3 is 10.1 Å². The quantitative estimate of drug-likeness (QED) is 0.527. The van der Waals surface area contributed by atoms with E-state index in [0.717, 1.165) is 27.8 Å². The van der Waals surface area contributed by atoms with E-state index < -0.39 is 0 Å². The first-order chi connectivity index (χ1) is 14.2. The van der Waals surface area contributed by atoms with Gasteiger partial charge in [-0.25, -0.2) is 4.68 Å². The second kappa shape index (κ2) is 8.52. The van der Waals surface area contributed by atoms with E-state index in [2.05, 4.69) is 32.7 Å². The van der Waals surface area contributed by atoms with Crippen LogP contribution in [-0.4, -0.2) is 33.0 Å². The molecule has 2 heterocycles. The van der Waals surface area contributed by atoms with E-state index in [9.17, 15) is 4.79 Å². The predicted octanol–water partition coefficient (Wildman–Crippen LogP) is 3.07. The molecule has 0 aliphatic heterocycles. The van der Waals surface area contributed by atoms with Gasteiger partial charge in [-0.15, -0.1) is 5.10 Å². The van der Waals surface area contributed by atoms with Gasteiger partial charge in [-0.3, -0.25) is 9.78 Å². The fraction of sp³-hybridized carbons (Fsp3) is 0.182. The van der Waals surface area contributed by atoms with Gasteiger partial charge in [0.05, 0.1) is 25.5 Å². The lowest BCUT2D eigenvalue weighted by Crippen LogP contribution is -2.23. The summed E-state index contributed by atoms with van der Waals surface area (Å²) in [5.74, 6) is 0.759. The molecular formula is C22H21N5O2. The van der Waals surface area contributed by atoms with E-state index in [4.69, 9.17) is 4.74 Å². The highest BCUT2D eigenvalue weighted by Crippen LogP contribution is 2.29. The maximum absolute atomic E-state index is 12.4. The van der Waals surface area contributed by atoms with E-state index in [1.165, 1.54) is 0 Å². The highest BCUT2D eigenvalue weighted by molar-refractivity contribution is 5.88. The van der Waals surface area contributed by atoms with Crippen molar-refractivity contribution in [2.75, 3.05) is 7.11 Å². The summed E-state index contributed by atoms with van der Waals surface area (Å²) in [7, 11) is 1.65. The second-order valence-electron chi connectivity index (χ2n) is 6.60. The van der Waals surface area contributed by atoms with Crippen LogP contribution >= 0.6 is 0 Å². The molecular weight excluding hydrogens is 366 g/mol. The molecule has 2 aromatic carbocycles. The van der Waals surface area contributed by atoms with Crippen molar-refractivity contribution in [1.29, 1.82) is 0 Å². The Hall–Kier alpha value is -3.74. The molecule has 0 aliphatic carbocycles. The highest BCUT2D eigenvalue weighted by Gasteiger charge is 2.11. The van der Waals surface area contributed by atoms with Crippen molar-refractivity contribution in [2.45, 2.75) is 19.4 Å². The molecule has 0 atom stereocenters. The molecule has 2 aromatic heterocycles. The number of pyridine rings is 1. The minimum Gasteiger partial charge on any atom is -0.496 e. The smallest absolute Gasteiger partial charge is 0.220 e. The number of aromatic nitrogens is 4. The normalized spacial score (nSPS) is 10.8. The van der Waals surface area contributed by atoms with Crippen LogP contribution in [0.5, 0.6) is 5.75 Å². The van der Waals surface area contributed by atoms with E-state index in [-0.39, 0.29) is 5.91 Å². The zero-order valence-corrected chi connectivity index (χ0v) is 16.1. The molecule has 0 bridgehead atoms. The Morgan fingerprint density at radius 3 is 2.76 bits per heavy atom. The van der Waals surface area contributed by atoms with Crippen LogP contribution < -0.4 is 10.1 Å². The third-order valence-electron chi connectivity index (χ3n) is 4.75. The van der Waals surface area contributed by atoms with E-state index in [0.29, 0.717) is 25.1 Å². The Bertz CT molecular complexity index is 1120. The number of aryl methyl sites for hydroxylation is 1. The van der Waals surface area contributed by atoms with Crippen LogP contribution in [0.3, 0.4) is 0 Å². The predicted molar refractivity (Wildman–Crippen MR) is 110 cm³/mol. The first-order valence-corrected chi connectivity index (χ1v) is 9.37.